The molecule has 0 radical (unpaired) electrons. The van der Waals surface area contributed by atoms with E-state index < -0.39 is 0 Å². The van der Waals surface area contributed by atoms with Gasteiger partial charge in [-0.15, -0.1) is 0 Å². The predicted molar refractivity (Wildman–Crippen MR) is 92.9 cm³/mol. The average molecular weight is 330 g/mol. The first-order valence-corrected chi connectivity index (χ1v) is 8.59. The van der Waals surface area contributed by atoms with Crippen LogP contribution < -0.4 is 10.2 Å². The number of pyridine rings is 1. The molecule has 2 rings (SSSR count). The molecule has 0 unspecified atom stereocenters. The van der Waals surface area contributed by atoms with Crippen molar-refractivity contribution < 1.29 is 0 Å². The van der Waals surface area contributed by atoms with Gasteiger partial charge in [0.1, 0.15) is 11.6 Å². The van der Waals surface area contributed by atoms with Crippen molar-refractivity contribution in [3.05, 3.63) is 16.1 Å². The second-order valence-electron chi connectivity index (χ2n) is 6.20. The van der Waals surface area contributed by atoms with Gasteiger partial charge in [0.15, 0.2) is 0 Å². The molecule has 0 atom stereocenters. The molecule has 3 nitrogen and oxygen atoms in total. The molecule has 1 fully saturated rings. The van der Waals surface area contributed by atoms with Gasteiger partial charge in [0, 0.05) is 19.6 Å². The fraction of sp³-hybridized carbons (Fsp3) is 0.688. The Morgan fingerprint density at radius 2 is 1.90 bits per heavy atom. The fourth-order valence-corrected chi connectivity index (χ4v) is 3.20. The molecule has 1 N–H and O–H groups in total. The number of hydrogen-bond donors (Lipinski definition) is 1. The Labute approximate surface area is 138 Å². The van der Waals surface area contributed by atoms with E-state index in [0.29, 0.717) is 15.5 Å². The summed E-state index contributed by atoms with van der Waals surface area (Å²) in [5.74, 6) is 1.60. The first-order valence-electron chi connectivity index (χ1n) is 7.84. The van der Waals surface area contributed by atoms with Crippen molar-refractivity contribution in [3.8, 4) is 0 Å². The summed E-state index contributed by atoms with van der Waals surface area (Å²) in [4.78, 5) is 6.94. The molecule has 1 aliphatic heterocycles. The summed E-state index contributed by atoms with van der Waals surface area (Å²) in [5.41, 5.74) is 0.457. The molecule has 0 bridgehead atoms. The van der Waals surface area contributed by atoms with Gasteiger partial charge in [-0.25, -0.2) is 4.98 Å². The van der Waals surface area contributed by atoms with Crippen LogP contribution in [0.4, 0.5) is 11.6 Å². The molecule has 21 heavy (non-hydrogen) atoms. The lowest BCUT2D eigenvalue weighted by atomic mass is 9.78. The number of aromatic nitrogens is 1. The van der Waals surface area contributed by atoms with Crippen molar-refractivity contribution in [3.63, 3.8) is 0 Å². The molecule has 118 valence electrons. The van der Waals surface area contributed by atoms with Crippen LogP contribution in [0.15, 0.2) is 6.07 Å². The largest absolute Gasteiger partial charge is 0.369 e. The molecule has 1 aromatic heterocycles. The lowest BCUT2D eigenvalue weighted by Gasteiger charge is -2.39. The maximum absolute atomic E-state index is 6.36. The van der Waals surface area contributed by atoms with E-state index in [-0.39, 0.29) is 0 Å². The van der Waals surface area contributed by atoms with Gasteiger partial charge in [0.25, 0.3) is 0 Å². The van der Waals surface area contributed by atoms with E-state index in [2.05, 4.69) is 36.0 Å². The second kappa shape index (κ2) is 7.06. The number of hydrogen-bond acceptors (Lipinski definition) is 3. The van der Waals surface area contributed by atoms with E-state index in [1.54, 1.807) is 6.07 Å². The third-order valence-electron chi connectivity index (χ3n) is 4.58. The lowest BCUT2D eigenvalue weighted by molar-refractivity contribution is 0.238. The van der Waals surface area contributed by atoms with Crippen LogP contribution in [0.2, 0.25) is 10.0 Å². The number of nitrogens with zero attached hydrogens (tertiary/aromatic N) is 2. The molecule has 1 aliphatic rings. The monoisotopic (exact) mass is 329 g/mol. The first kappa shape index (κ1) is 16.7. The highest BCUT2D eigenvalue weighted by atomic mass is 35.5. The molecular formula is C16H25Cl2N3. The number of piperidine rings is 1. The van der Waals surface area contributed by atoms with Crippen LogP contribution in [0, 0.1) is 5.41 Å². The fourth-order valence-electron chi connectivity index (χ4n) is 2.66. The zero-order valence-electron chi connectivity index (χ0n) is 13.2. The van der Waals surface area contributed by atoms with Crippen molar-refractivity contribution >= 4 is 34.8 Å². The first-order chi connectivity index (χ1) is 9.99. The van der Waals surface area contributed by atoms with E-state index in [0.717, 1.165) is 37.7 Å². The molecule has 1 saturated heterocycles. The molecule has 0 spiro atoms. The number of nitrogens with one attached hydrogen (secondary N) is 1. The van der Waals surface area contributed by atoms with Gasteiger partial charge in [-0.05, 0) is 30.7 Å². The predicted octanol–water partition coefficient (Wildman–Crippen LogP) is 5.23. The number of anilines is 2. The van der Waals surface area contributed by atoms with Gasteiger partial charge in [-0.1, -0.05) is 50.4 Å². The summed E-state index contributed by atoms with van der Waals surface area (Å²) in [7, 11) is 0. The van der Waals surface area contributed by atoms with Crippen LogP contribution in [0.1, 0.15) is 46.5 Å². The smallest absolute Gasteiger partial charge is 0.149 e. The topological polar surface area (TPSA) is 28.2 Å². The van der Waals surface area contributed by atoms with Crippen LogP contribution in [-0.4, -0.2) is 24.6 Å². The lowest BCUT2D eigenvalue weighted by Crippen LogP contribution is -2.39. The van der Waals surface area contributed by atoms with Crippen LogP contribution in [0.5, 0.6) is 0 Å². The Balaban J connectivity index is 2.16. The van der Waals surface area contributed by atoms with Crippen LogP contribution >= 0.6 is 23.2 Å². The second-order valence-corrected chi connectivity index (χ2v) is 7.02. The van der Waals surface area contributed by atoms with Crippen molar-refractivity contribution in [1.82, 2.24) is 4.98 Å². The zero-order valence-corrected chi connectivity index (χ0v) is 14.7. The van der Waals surface area contributed by atoms with E-state index in [4.69, 9.17) is 23.2 Å². The van der Waals surface area contributed by atoms with Crippen molar-refractivity contribution in [2.45, 2.75) is 46.5 Å². The van der Waals surface area contributed by atoms with E-state index in [1.165, 1.54) is 19.3 Å². The molecule has 0 aromatic carbocycles. The highest BCUT2D eigenvalue weighted by Crippen LogP contribution is 2.38. The molecule has 1 aromatic rings. The summed E-state index contributed by atoms with van der Waals surface area (Å²) in [6, 6.07) is 1.80. The van der Waals surface area contributed by atoms with Gasteiger partial charge in [0.2, 0.25) is 0 Å². The quantitative estimate of drug-likeness (QED) is 0.801. The van der Waals surface area contributed by atoms with Gasteiger partial charge in [-0.2, -0.15) is 0 Å². The third-order valence-corrected chi connectivity index (χ3v) is 5.14. The van der Waals surface area contributed by atoms with Gasteiger partial charge in [-0.3, -0.25) is 0 Å². The Bertz CT molecular complexity index is 483. The molecule has 0 aliphatic carbocycles. The maximum atomic E-state index is 6.36. The molecule has 5 heteroatoms. The highest BCUT2D eigenvalue weighted by Gasteiger charge is 2.29. The van der Waals surface area contributed by atoms with Crippen LogP contribution in [-0.2, 0) is 0 Å². The maximum Gasteiger partial charge on any atom is 0.149 e. The minimum Gasteiger partial charge on any atom is -0.369 e. The van der Waals surface area contributed by atoms with Crippen LogP contribution in [0.25, 0.3) is 0 Å². The molecule has 2 heterocycles. The standard InChI is InChI=1S/C16H25Cl2N3/c1-4-8-19-14-12(17)11-13(18)15(20-14)21-9-6-16(3,5-2)7-10-21/h11H,4-10H2,1-3H3,(H,19,20). The van der Waals surface area contributed by atoms with E-state index >= 15 is 0 Å². The zero-order chi connectivity index (χ0) is 15.5. The van der Waals surface area contributed by atoms with E-state index in [1.807, 2.05) is 0 Å². The minimum absolute atomic E-state index is 0.457. The van der Waals surface area contributed by atoms with Crippen molar-refractivity contribution in [1.29, 1.82) is 0 Å². The normalized spacial score (nSPS) is 17.9. The van der Waals surface area contributed by atoms with Crippen molar-refractivity contribution in [2.75, 3.05) is 29.9 Å². The number of rotatable bonds is 5. The van der Waals surface area contributed by atoms with Crippen molar-refractivity contribution in [2.24, 2.45) is 5.41 Å². The summed E-state index contributed by atoms with van der Waals surface area (Å²) >= 11 is 12.6. The van der Waals surface area contributed by atoms with E-state index in [9.17, 15) is 0 Å². The number of halogens is 2. The Morgan fingerprint density at radius 3 is 2.48 bits per heavy atom. The summed E-state index contributed by atoms with van der Waals surface area (Å²) in [5, 5.41) is 4.50. The molecule has 0 saturated carbocycles. The van der Waals surface area contributed by atoms with Gasteiger partial charge >= 0.3 is 0 Å². The van der Waals surface area contributed by atoms with Gasteiger partial charge in [0.05, 0.1) is 10.0 Å². The average Bonchev–Trinajstić information content (AvgIpc) is 2.48. The minimum atomic E-state index is 0.457. The van der Waals surface area contributed by atoms with Gasteiger partial charge < -0.3 is 10.2 Å². The summed E-state index contributed by atoms with van der Waals surface area (Å²) in [6.45, 7) is 9.64. The Kier molecular flexibility index (Phi) is 5.61. The molecular weight excluding hydrogens is 305 g/mol. The third kappa shape index (κ3) is 3.95. The van der Waals surface area contributed by atoms with Crippen LogP contribution in [0.3, 0.4) is 0 Å². The Hall–Kier alpha value is -0.670. The highest BCUT2D eigenvalue weighted by molar-refractivity contribution is 6.37. The summed E-state index contributed by atoms with van der Waals surface area (Å²) < 4.78 is 0. The molecule has 0 amide bonds. The SMILES string of the molecule is CCCNc1nc(N2CCC(C)(CC)CC2)c(Cl)cc1Cl. The Morgan fingerprint density at radius 1 is 1.24 bits per heavy atom. The summed E-state index contributed by atoms with van der Waals surface area (Å²) in [6.07, 6.45) is 4.63.